The molecule has 0 aliphatic carbocycles. The summed E-state index contributed by atoms with van der Waals surface area (Å²) in [4.78, 5) is 19.2. The number of hydrogen-bond donors (Lipinski definition) is 1. The predicted molar refractivity (Wildman–Crippen MR) is 116 cm³/mol. The smallest absolute Gasteiger partial charge is 0.272 e. The first kappa shape index (κ1) is 20.9. The van der Waals surface area contributed by atoms with Crippen LogP contribution in [0.5, 0.6) is 0 Å². The molecule has 4 rings (SSSR count). The summed E-state index contributed by atoms with van der Waals surface area (Å²) < 4.78 is 6.64. The minimum absolute atomic E-state index is 0.126. The van der Waals surface area contributed by atoms with Crippen molar-refractivity contribution < 1.29 is 9.63 Å². The van der Waals surface area contributed by atoms with Crippen LogP contribution in [0.2, 0.25) is 5.02 Å². The highest BCUT2D eigenvalue weighted by molar-refractivity contribution is 7.99. The minimum Gasteiger partial charge on any atom is -0.382 e. The van der Waals surface area contributed by atoms with E-state index >= 15 is 0 Å². The molecule has 2 aromatic heterocycles. The molecule has 1 fully saturated rings. The number of aliphatic hydroxyl groups is 1. The predicted octanol–water partition coefficient (Wildman–Crippen LogP) is 2.64. The van der Waals surface area contributed by atoms with Crippen molar-refractivity contribution in [1.82, 2.24) is 19.9 Å². The third kappa shape index (κ3) is 4.85. The molecule has 30 heavy (non-hydrogen) atoms. The molecule has 1 atom stereocenters. The van der Waals surface area contributed by atoms with Gasteiger partial charge in [-0.05, 0) is 31.0 Å². The maximum atomic E-state index is 12.8. The van der Waals surface area contributed by atoms with E-state index in [0.29, 0.717) is 47.6 Å². The van der Waals surface area contributed by atoms with Crippen LogP contribution >= 0.6 is 23.4 Å². The molecular formula is C20H22ClN5O3S. The first-order chi connectivity index (χ1) is 14.5. The zero-order chi connectivity index (χ0) is 21.1. The molecule has 0 amide bonds. The average molecular weight is 448 g/mol. The van der Waals surface area contributed by atoms with E-state index in [2.05, 4.69) is 20.1 Å². The number of nitrogens with zero attached hydrogens (tertiary/aromatic N) is 5. The van der Waals surface area contributed by atoms with Gasteiger partial charge in [0.1, 0.15) is 12.0 Å². The van der Waals surface area contributed by atoms with E-state index in [4.69, 9.17) is 16.1 Å². The van der Waals surface area contributed by atoms with Gasteiger partial charge in [0, 0.05) is 30.0 Å². The molecule has 0 bridgehead atoms. The van der Waals surface area contributed by atoms with Crippen LogP contribution in [0.4, 0.5) is 5.69 Å². The van der Waals surface area contributed by atoms with Gasteiger partial charge < -0.3 is 14.5 Å². The summed E-state index contributed by atoms with van der Waals surface area (Å²) >= 11 is 7.36. The third-order valence-corrected chi connectivity index (χ3v) is 6.35. The second-order valence-corrected chi connectivity index (χ2v) is 8.72. The van der Waals surface area contributed by atoms with E-state index in [-0.39, 0.29) is 17.5 Å². The third-order valence-electron chi connectivity index (χ3n) is 5.01. The molecule has 1 saturated heterocycles. The fourth-order valence-corrected chi connectivity index (χ4v) is 4.30. The van der Waals surface area contributed by atoms with Crippen molar-refractivity contribution in [3.05, 3.63) is 68.7 Å². The van der Waals surface area contributed by atoms with Gasteiger partial charge in [0.15, 0.2) is 5.82 Å². The van der Waals surface area contributed by atoms with Gasteiger partial charge in [-0.1, -0.05) is 28.9 Å². The Morgan fingerprint density at radius 2 is 2.10 bits per heavy atom. The molecule has 1 aliphatic heterocycles. The fourth-order valence-electron chi connectivity index (χ4n) is 3.28. The van der Waals surface area contributed by atoms with Crippen molar-refractivity contribution in [2.75, 3.05) is 17.3 Å². The zero-order valence-corrected chi connectivity index (χ0v) is 18.1. The van der Waals surface area contributed by atoms with E-state index in [9.17, 15) is 9.90 Å². The molecule has 0 radical (unpaired) electrons. The fraction of sp³-hybridized carbons (Fsp3) is 0.400. The Kier molecular flexibility index (Phi) is 6.40. The molecule has 158 valence electrons. The number of benzene rings is 1. The van der Waals surface area contributed by atoms with Gasteiger partial charge in [-0.3, -0.25) is 4.79 Å². The molecule has 1 N–H and O–H groups in total. The molecule has 0 saturated carbocycles. The molecule has 10 heteroatoms. The summed E-state index contributed by atoms with van der Waals surface area (Å²) in [6, 6.07) is 7.65. The van der Waals surface area contributed by atoms with Gasteiger partial charge >= 0.3 is 0 Å². The Hall–Kier alpha value is -2.36. The van der Waals surface area contributed by atoms with Crippen molar-refractivity contribution in [3.63, 3.8) is 0 Å². The van der Waals surface area contributed by atoms with Crippen LogP contribution in [0.15, 0.2) is 39.8 Å². The number of anilines is 1. The van der Waals surface area contributed by atoms with Crippen LogP contribution < -0.4 is 10.5 Å². The average Bonchev–Trinajstić information content (AvgIpc) is 3.19. The van der Waals surface area contributed by atoms with Crippen molar-refractivity contribution in [2.24, 2.45) is 0 Å². The van der Waals surface area contributed by atoms with E-state index < -0.39 is 0 Å². The number of thioether (sulfide) groups is 1. The Bertz CT molecular complexity index is 1060. The lowest BCUT2D eigenvalue weighted by atomic mass is 10.1. The maximum Gasteiger partial charge on any atom is 0.272 e. The number of aryl methyl sites for hydroxylation is 2. The number of rotatable bonds is 6. The summed E-state index contributed by atoms with van der Waals surface area (Å²) in [5, 5.41) is 18.6. The molecule has 3 aromatic rings. The highest BCUT2D eigenvalue weighted by Crippen LogP contribution is 2.26. The SMILES string of the molecule is Cc1c(N2CC[C@H](O)SC2)cnn(Cc2nc(CCc3ccc(Cl)cc3)no2)c1=O. The second kappa shape index (κ2) is 9.20. The highest BCUT2D eigenvalue weighted by Gasteiger charge is 2.21. The van der Waals surface area contributed by atoms with Gasteiger partial charge in [0.2, 0.25) is 5.89 Å². The van der Waals surface area contributed by atoms with Crippen molar-refractivity contribution in [1.29, 1.82) is 0 Å². The number of hydrogen-bond acceptors (Lipinski definition) is 8. The Morgan fingerprint density at radius 1 is 1.30 bits per heavy atom. The van der Waals surface area contributed by atoms with Gasteiger partial charge in [-0.15, -0.1) is 11.8 Å². The van der Waals surface area contributed by atoms with Crippen LogP contribution in [0.3, 0.4) is 0 Å². The molecule has 0 spiro atoms. The topological polar surface area (TPSA) is 97.3 Å². The summed E-state index contributed by atoms with van der Waals surface area (Å²) in [7, 11) is 0. The largest absolute Gasteiger partial charge is 0.382 e. The van der Waals surface area contributed by atoms with Crippen LogP contribution in [-0.4, -0.2) is 42.9 Å². The lowest BCUT2D eigenvalue weighted by Crippen LogP contribution is -2.35. The van der Waals surface area contributed by atoms with E-state index in [1.165, 1.54) is 16.4 Å². The number of halogens is 1. The van der Waals surface area contributed by atoms with Gasteiger partial charge in [-0.2, -0.15) is 10.1 Å². The monoisotopic (exact) mass is 447 g/mol. The summed E-state index contributed by atoms with van der Waals surface area (Å²) in [6.45, 7) is 2.61. The number of aliphatic hydroxyl groups excluding tert-OH is 1. The molecule has 1 aliphatic rings. The zero-order valence-electron chi connectivity index (χ0n) is 16.5. The van der Waals surface area contributed by atoms with Gasteiger partial charge in [0.05, 0.1) is 17.8 Å². The Morgan fingerprint density at radius 3 is 2.83 bits per heavy atom. The molecule has 0 unspecified atom stereocenters. The maximum absolute atomic E-state index is 12.8. The molecular weight excluding hydrogens is 426 g/mol. The molecule has 3 heterocycles. The number of aromatic nitrogens is 4. The van der Waals surface area contributed by atoms with Gasteiger partial charge in [0.25, 0.3) is 5.56 Å². The lowest BCUT2D eigenvalue weighted by molar-refractivity contribution is 0.250. The standard InChI is InChI=1S/C20H22ClN5O3S/c1-13-16(25-9-8-19(27)30-12-25)10-22-26(20(13)28)11-18-23-17(24-29-18)7-4-14-2-5-15(21)6-3-14/h2-3,5-6,10,19,27H,4,7-9,11-12H2,1H3/t19-/m1/s1. The van der Waals surface area contributed by atoms with Crippen LogP contribution in [0.25, 0.3) is 0 Å². The van der Waals surface area contributed by atoms with Crippen molar-refractivity contribution >= 4 is 29.1 Å². The van der Waals surface area contributed by atoms with Crippen LogP contribution in [-0.2, 0) is 19.4 Å². The first-order valence-electron chi connectivity index (χ1n) is 9.67. The van der Waals surface area contributed by atoms with Crippen LogP contribution in [0.1, 0.15) is 29.3 Å². The van der Waals surface area contributed by atoms with Crippen LogP contribution in [0, 0.1) is 6.92 Å². The quantitative estimate of drug-likeness (QED) is 0.615. The molecule has 8 nitrogen and oxygen atoms in total. The van der Waals surface area contributed by atoms with E-state index in [1.807, 2.05) is 24.3 Å². The van der Waals surface area contributed by atoms with Crippen molar-refractivity contribution in [3.8, 4) is 0 Å². The summed E-state index contributed by atoms with van der Waals surface area (Å²) in [5.41, 5.74) is 2.01. The lowest BCUT2D eigenvalue weighted by Gasteiger charge is -2.31. The Balaban J connectivity index is 1.41. The minimum atomic E-state index is -0.346. The summed E-state index contributed by atoms with van der Waals surface area (Å²) in [5.74, 6) is 1.57. The normalized spacial score (nSPS) is 16.8. The second-order valence-electron chi connectivity index (χ2n) is 7.15. The summed E-state index contributed by atoms with van der Waals surface area (Å²) in [6.07, 6.45) is 3.75. The van der Waals surface area contributed by atoms with Crippen molar-refractivity contribution in [2.45, 2.75) is 38.2 Å². The molecule has 1 aromatic carbocycles. The Labute approximate surface area is 182 Å². The van der Waals surface area contributed by atoms with Gasteiger partial charge in [-0.25, -0.2) is 4.68 Å². The highest BCUT2D eigenvalue weighted by atomic mass is 35.5. The van der Waals surface area contributed by atoms with E-state index in [1.54, 1.807) is 13.1 Å². The van der Waals surface area contributed by atoms with E-state index in [0.717, 1.165) is 17.7 Å². The first-order valence-corrected chi connectivity index (χ1v) is 11.1.